The number of rotatable bonds is 7. The van der Waals surface area contributed by atoms with Gasteiger partial charge in [0.05, 0.1) is 0 Å². The lowest BCUT2D eigenvalue weighted by Gasteiger charge is -2.34. The van der Waals surface area contributed by atoms with Crippen molar-refractivity contribution in [1.82, 2.24) is 15.2 Å². The van der Waals surface area contributed by atoms with E-state index in [9.17, 15) is 4.79 Å². The molecule has 0 bridgehead atoms. The largest absolute Gasteiger partial charge is 0.378 e. The minimum absolute atomic E-state index is 0.442. The Hall–Kier alpha value is -3.84. The molecule has 2 aliphatic rings. The molecule has 1 unspecified atom stereocenters. The zero-order valence-corrected chi connectivity index (χ0v) is 19.4. The third kappa shape index (κ3) is 4.89. The van der Waals surface area contributed by atoms with Crippen LogP contribution in [0.2, 0.25) is 0 Å². The van der Waals surface area contributed by atoms with Gasteiger partial charge in [-0.05, 0) is 60.8 Å². The molecule has 34 heavy (non-hydrogen) atoms. The Morgan fingerprint density at radius 1 is 1.06 bits per heavy atom. The lowest BCUT2D eigenvalue weighted by Crippen LogP contribution is -2.44. The van der Waals surface area contributed by atoms with Crippen LogP contribution in [0.25, 0.3) is 6.08 Å². The van der Waals surface area contributed by atoms with Crippen LogP contribution >= 0.6 is 0 Å². The number of carbonyl (C=O) groups excluding carboxylic acids is 1. The van der Waals surface area contributed by atoms with E-state index in [1.54, 1.807) is 0 Å². The predicted octanol–water partition coefficient (Wildman–Crippen LogP) is 4.00. The van der Waals surface area contributed by atoms with E-state index in [2.05, 4.69) is 69.2 Å². The number of fused-ring (bicyclic) bond motifs is 1. The maximum absolute atomic E-state index is 11.8. The van der Waals surface area contributed by atoms with Crippen molar-refractivity contribution in [3.05, 3.63) is 83.6 Å². The first-order valence-corrected chi connectivity index (χ1v) is 11.7. The van der Waals surface area contributed by atoms with Gasteiger partial charge in [-0.15, -0.1) is 0 Å². The fourth-order valence-corrected chi connectivity index (χ4v) is 4.40. The summed E-state index contributed by atoms with van der Waals surface area (Å²) in [6.45, 7) is 4.89. The highest BCUT2D eigenvalue weighted by Crippen LogP contribution is 2.33. The molecule has 1 saturated heterocycles. The number of likely N-dealkylation sites (N-methyl/N-ethyl adjacent to an activating group) is 1. The highest BCUT2D eigenvalue weighted by Gasteiger charge is 2.22. The number of pyridine rings is 1. The first-order valence-electron chi connectivity index (χ1n) is 11.7. The third-order valence-corrected chi connectivity index (χ3v) is 6.39. The van der Waals surface area contributed by atoms with Crippen LogP contribution in [-0.4, -0.2) is 49.4 Å². The molecular formula is C27H30N6O. The Kier molecular flexibility index (Phi) is 6.44. The molecule has 0 radical (unpaired) electrons. The van der Waals surface area contributed by atoms with Gasteiger partial charge in [0.2, 0.25) is 0 Å². The van der Waals surface area contributed by atoms with Crippen molar-refractivity contribution in [1.29, 1.82) is 0 Å². The van der Waals surface area contributed by atoms with Crippen molar-refractivity contribution in [2.24, 2.45) is 0 Å². The normalized spacial score (nSPS) is 17.6. The van der Waals surface area contributed by atoms with E-state index >= 15 is 0 Å². The lowest BCUT2D eigenvalue weighted by molar-refractivity contribution is -0.109. The van der Waals surface area contributed by atoms with Gasteiger partial charge in [-0.3, -0.25) is 0 Å². The first kappa shape index (κ1) is 22.0. The van der Waals surface area contributed by atoms with Crippen LogP contribution in [0, 0.1) is 0 Å². The smallest absolute Gasteiger partial charge is 0.146 e. The maximum atomic E-state index is 11.8. The molecule has 7 nitrogen and oxygen atoms in total. The summed E-state index contributed by atoms with van der Waals surface area (Å²) < 4.78 is 0. The molecule has 3 N–H and O–H groups in total. The van der Waals surface area contributed by atoms with E-state index < -0.39 is 6.04 Å². The Bertz CT molecular complexity index is 1150. The number of nitrogens with zero attached hydrogens (tertiary/aromatic N) is 3. The van der Waals surface area contributed by atoms with Gasteiger partial charge in [0.1, 0.15) is 24.0 Å². The lowest BCUT2D eigenvalue weighted by atomic mass is 9.99. The molecule has 7 heteroatoms. The zero-order valence-electron chi connectivity index (χ0n) is 19.4. The number of piperazine rings is 1. The van der Waals surface area contributed by atoms with Crippen molar-refractivity contribution in [2.75, 3.05) is 48.8 Å². The molecular weight excluding hydrogens is 424 g/mol. The van der Waals surface area contributed by atoms with E-state index in [0.717, 1.165) is 55.1 Å². The number of nitrogens with one attached hydrogen (secondary N) is 3. The Balaban J connectivity index is 1.39. The van der Waals surface area contributed by atoms with Crippen LogP contribution in [0.15, 0.2) is 66.9 Å². The molecule has 2 aromatic carbocycles. The SMILES string of the molecule is CN1CCN(c2ccc(Nc3nc(NCc4ccccc4)cc4c3C(C=O)NC=C4)cc2)CC1. The predicted molar refractivity (Wildman–Crippen MR) is 138 cm³/mol. The molecule has 5 rings (SSSR count). The maximum Gasteiger partial charge on any atom is 0.146 e. The molecule has 3 heterocycles. The second-order valence-corrected chi connectivity index (χ2v) is 8.77. The summed E-state index contributed by atoms with van der Waals surface area (Å²) in [6.07, 6.45) is 4.71. The van der Waals surface area contributed by atoms with Gasteiger partial charge in [0, 0.05) is 49.7 Å². The van der Waals surface area contributed by atoms with Gasteiger partial charge in [-0.25, -0.2) is 4.98 Å². The molecule has 1 aromatic heterocycles. The molecule has 0 saturated carbocycles. The quantitative estimate of drug-likeness (QED) is 0.466. The molecule has 0 amide bonds. The summed E-state index contributed by atoms with van der Waals surface area (Å²) in [4.78, 5) is 21.4. The molecule has 2 aliphatic heterocycles. The van der Waals surface area contributed by atoms with Gasteiger partial charge >= 0.3 is 0 Å². The van der Waals surface area contributed by atoms with E-state index in [4.69, 9.17) is 4.98 Å². The number of aldehydes is 1. The van der Waals surface area contributed by atoms with Gasteiger partial charge in [-0.1, -0.05) is 30.3 Å². The minimum Gasteiger partial charge on any atom is -0.378 e. The van der Waals surface area contributed by atoms with Crippen LogP contribution < -0.4 is 20.9 Å². The molecule has 0 spiro atoms. The summed E-state index contributed by atoms with van der Waals surface area (Å²) >= 11 is 0. The van der Waals surface area contributed by atoms with Crippen LogP contribution in [0.3, 0.4) is 0 Å². The number of benzene rings is 2. The van der Waals surface area contributed by atoms with Crippen molar-refractivity contribution < 1.29 is 4.79 Å². The van der Waals surface area contributed by atoms with Crippen LogP contribution in [0.4, 0.5) is 23.0 Å². The fraction of sp³-hybridized carbons (Fsp3) is 0.259. The van der Waals surface area contributed by atoms with Gasteiger partial charge in [0.25, 0.3) is 0 Å². The summed E-state index contributed by atoms with van der Waals surface area (Å²) in [7, 11) is 2.16. The van der Waals surface area contributed by atoms with Gasteiger partial charge in [0.15, 0.2) is 0 Å². The van der Waals surface area contributed by atoms with Gasteiger partial charge in [-0.2, -0.15) is 0 Å². The van der Waals surface area contributed by atoms with E-state index in [-0.39, 0.29) is 0 Å². The van der Waals surface area contributed by atoms with E-state index in [1.807, 2.05) is 36.5 Å². The summed E-state index contributed by atoms with van der Waals surface area (Å²) in [5.74, 6) is 1.43. The number of anilines is 4. The number of carbonyl (C=O) groups is 1. The molecule has 174 valence electrons. The van der Waals surface area contributed by atoms with Gasteiger partial charge < -0.3 is 30.5 Å². The van der Waals surface area contributed by atoms with Crippen molar-refractivity contribution in [3.63, 3.8) is 0 Å². The second-order valence-electron chi connectivity index (χ2n) is 8.77. The molecule has 0 aliphatic carbocycles. The Labute approximate surface area is 200 Å². The standard InChI is InChI=1S/C27H30N6O/c1-32-13-15-33(16-14-32)23-9-7-22(8-10-23)30-27-26-21(11-12-28-24(26)19-34)17-25(31-27)29-18-20-5-3-2-4-6-20/h2-12,17,19,24,28H,13-16,18H2,1H3,(H2,29,30,31). The average molecular weight is 455 g/mol. The van der Waals surface area contributed by atoms with Crippen molar-refractivity contribution >= 4 is 35.4 Å². The third-order valence-electron chi connectivity index (χ3n) is 6.39. The highest BCUT2D eigenvalue weighted by atomic mass is 16.1. The van der Waals surface area contributed by atoms with Crippen molar-refractivity contribution in [2.45, 2.75) is 12.6 Å². The van der Waals surface area contributed by atoms with Crippen LogP contribution in [0.1, 0.15) is 22.7 Å². The average Bonchev–Trinajstić information content (AvgIpc) is 2.88. The van der Waals surface area contributed by atoms with Crippen LogP contribution in [-0.2, 0) is 11.3 Å². The minimum atomic E-state index is -0.442. The Morgan fingerprint density at radius 3 is 2.56 bits per heavy atom. The molecule has 1 atom stereocenters. The summed E-state index contributed by atoms with van der Waals surface area (Å²) in [5, 5.41) is 10.0. The molecule has 3 aromatic rings. The summed E-state index contributed by atoms with van der Waals surface area (Å²) in [5.41, 5.74) is 5.16. The van der Waals surface area contributed by atoms with Crippen LogP contribution in [0.5, 0.6) is 0 Å². The fourth-order valence-electron chi connectivity index (χ4n) is 4.40. The van der Waals surface area contributed by atoms with E-state index in [1.165, 1.54) is 11.3 Å². The highest BCUT2D eigenvalue weighted by molar-refractivity contribution is 5.78. The monoisotopic (exact) mass is 454 g/mol. The second kappa shape index (κ2) is 9.97. The number of hydrogen-bond acceptors (Lipinski definition) is 7. The first-order chi connectivity index (χ1) is 16.7. The van der Waals surface area contributed by atoms with Crippen molar-refractivity contribution in [3.8, 4) is 0 Å². The molecule has 1 fully saturated rings. The Morgan fingerprint density at radius 2 is 1.82 bits per heavy atom. The summed E-state index contributed by atoms with van der Waals surface area (Å²) in [6, 6.07) is 20.2. The van der Waals surface area contributed by atoms with E-state index in [0.29, 0.717) is 12.4 Å². The number of aromatic nitrogens is 1. The zero-order chi connectivity index (χ0) is 23.3. The topological polar surface area (TPSA) is 72.5 Å². The number of hydrogen-bond donors (Lipinski definition) is 3.